The van der Waals surface area contributed by atoms with Crippen LogP contribution < -0.4 is 10.1 Å². The number of carbonyl (C=O) groups is 1. The van der Waals surface area contributed by atoms with E-state index in [0.29, 0.717) is 17.0 Å². The zero-order chi connectivity index (χ0) is 17.9. The first-order valence-corrected chi connectivity index (χ1v) is 8.71. The fourth-order valence-corrected chi connectivity index (χ4v) is 3.36. The average Bonchev–Trinajstić information content (AvgIpc) is 3.22. The maximum Gasteiger partial charge on any atom is 0.256 e. The standard InChI is InChI=1S/C21H20N2O3/c1-25-15-9-10-16(19-8-4-12-26-19)17(13-15)21(24)23-18-7-2-5-14-6-3-11-22-20(14)18/h2-3,5-7,9-11,13,19H,4,8,12H2,1H3,(H,23,24). The summed E-state index contributed by atoms with van der Waals surface area (Å²) in [6.45, 7) is 0.727. The normalized spacial score (nSPS) is 16.6. The van der Waals surface area contributed by atoms with Crippen LogP contribution in [-0.2, 0) is 4.74 Å². The van der Waals surface area contributed by atoms with Gasteiger partial charge in [0, 0.05) is 23.8 Å². The minimum Gasteiger partial charge on any atom is -0.497 e. The topological polar surface area (TPSA) is 60.5 Å². The van der Waals surface area contributed by atoms with E-state index in [4.69, 9.17) is 9.47 Å². The molecule has 5 nitrogen and oxygen atoms in total. The molecule has 0 spiro atoms. The highest BCUT2D eigenvalue weighted by molar-refractivity contribution is 6.09. The molecule has 5 heteroatoms. The van der Waals surface area contributed by atoms with E-state index in [-0.39, 0.29) is 12.0 Å². The van der Waals surface area contributed by atoms with Crippen LogP contribution in [0.15, 0.2) is 54.7 Å². The number of amides is 1. The summed E-state index contributed by atoms with van der Waals surface area (Å²) in [6, 6.07) is 15.2. The second kappa shape index (κ2) is 7.14. The van der Waals surface area contributed by atoms with Crippen LogP contribution in [0.5, 0.6) is 5.75 Å². The molecule has 1 aliphatic heterocycles. The third kappa shape index (κ3) is 3.13. The van der Waals surface area contributed by atoms with Crippen LogP contribution in [0, 0.1) is 0 Å². The largest absolute Gasteiger partial charge is 0.497 e. The number of nitrogens with one attached hydrogen (secondary N) is 1. The van der Waals surface area contributed by atoms with Crippen molar-refractivity contribution in [2.45, 2.75) is 18.9 Å². The van der Waals surface area contributed by atoms with Crippen molar-refractivity contribution in [3.63, 3.8) is 0 Å². The molecule has 1 N–H and O–H groups in total. The molecule has 3 aromatic rings. The molecule has 1 fully saturated rings. The second-order valence-corrected chi connectivity index (χ2v) is 6.29. The number of benzene rings is 2. The summed E-state index contributed by atoms with van der Waals surface area (Å²) < 4.78 is 11.1. The molecule has 2 aromatic carbocycles. The summed E-state index contributed by atoms with van der Waals surface area (Å²) in [7, 11) is 1.59. The Morgan fingerprint density at radius 2 is 2.12 bits per heavy atom. The smallest absolute Gasteiger partial charge is 0.256 e. The highest BCUT2D eigenvalue weighted by Gasteiger charge is 2.24. The van der Waals surface area contributed by atoms with Gasteiger partial charge in [0.2, 0.25) is 0 Å². The zero-order valence-corrected chi connectivity index (χ0v) is 14.6. The number of nitrogens with zero attached hydrogens (tertiary/aromatic N) is 1. The number of hydrogen-bond donors (Lipinski definition) is 1. The van der Waals surface area contributed by atoms with Gasteiger partial charge in [0.1, 0.15) is 5.75 Å². The summed E-state index contributed by atoms with van der Waals surface area (Å²) in [5.74, 6) is 0.459. The Bertz CT molecular complexity index is 944. The molecule has 26 heavy (non-hydrogen) atoms. The molecule has 1 atom stereocenters. The van der Waals surface area contributed by atoms with Gasteiger partial charge in [-0.15, -0.1) is 0 Å². The number of fused-ring (bicyclic) bond motifs is 1. The minimum absolute atomic E-state index is 0.0488. The molecule has 1 amide bonds. The molecule has 1 unspecified atom stereocenters. The number of para-hydroxylation sites is 1. The molecule has 1 aliphatic rings. The van der Waals surface area contributed by atoms with Crippen molar-refractivity contribution in [1.82, 2.24) is 4.98 Å². The molecule has 0 radical (unpaired) electrons. The Morgan fingerprint density at radius 1 is 1.23 bits per heavy atom. The van der Waals surface area contributed by atoms with Crippen molar-refractivity contribution < 1.29 is 14.3 Å². The van der Waals surface area contributed by atoms with Crippen molar-refractivity contribution in [2.24, 2.45) is 0 Å². The number of ether oxygens (including phenoxy) is 2. The predicted octanol–water partition coefficient (Wildman–Crippen LogP) is 4.35. The van der Waals surface area contributed by atoms with E-state index < -0.39 is 0 Å². The first kappa shape index (κ1) is 16.5. The third-order valence-corrected chi connectivity index (χ3v) is 4.66. The summed E-state index contributed by atoms with van der Waals surface area (Å²) >= 11 is 0. The number of rotatable bonds is 4. The van der Waals surface area contributed by atoms with Gasteiger partial charge >= 0.3 is 0 Å². The summed E-state index contributed by atoms with van der Waals surface area (Å²) in [4.78, 5) is 17.5. The predicted molar refractivity (Wildman–Crippen MR) is 101 cm³/mol. The van der Waals surface area contributed by atoms with Crippen molar-refractivity contribution in [2.75, 3.05) is 19.0 Å². The lowest BCUT2D eigenvalue weighted by atomic mass is 9.99. The molecule has 1 aromatic heterocycles. The van der Waals surface area contributed by atoms with Crippen LogP contribution in [0.25, 0.3) is 10.9 Å². The van der Waals surface area contributed by atoms with E-state index in [1.807, 2.05) is 42.5 Å². The number of aromatic nitrogens is 1. The van der Waals surface area contributed by atoms with Crippen molar-refractivity contribution in [3.8, 4) is 5.75 Å². The highest BCUT2D eigenvalue weighted by Crippen LogP contribution is 2.33. The molecule has 0 aliphatic carbocycles. The monoisotopic (exact) mass is 348 g/mol. The van der Waals surface area contributed by atoms with Gasteiger partial charge in [0.25, 0.3) is 5.91 Å². The number of pyridine rings is 1. The van der Waals surface area contributed by atoms with Gasteiger partial charge < -0.3 is 14.8 Å². The van der Waals surface area contributed by atoms with Crippen LogP contribution in [0.2, 0.25) is 0 Å². The molecule has 0 saturated carbocycles. The summed E-state index contributed by atoms with van der Waals surface area (Å²) in [5, 5.41) is 3.99. The van der Waals surface area contributed by atoms with Gasteiger partial charge in [0.15, 0.2) is 0 Å². The maximum atomic E-state index is 13.1. The van der Waals surface area contributed by atoms with Crippen molar-refractivity contribution in [3.05, 3.63) is 65.9 Å². The summed E-state index contributed by atoms with van der Waals surface area (Å²) in [5.41, 5.74) is 2.93. The van der Waals surface area contributed by atoms with Crippen LogP contribution in [-0.4, -0.2) is 24.6 Å². The highest BCUT2D eigenvalue weighted by atomic mass is 16.5. The Balaban J connectivity index is 1.71. The maximum absolute atomic E-state index is 13.1. The molecule has 1 saturated heterocycles. The number of methoxy groups -OCH3 is 1. The average molecular weight is 348 g/mol. The van der Waals surface area contributed by atoms with Crippen LogP contribution in [0.3, 0.4) is 0 Å². The Morgan fingerprint density at radius 3 is 2.92 bits per heavy atom. The van der Waals surface area contributed by atoms with Gasteiger partial charge in [-0.25, -0.2) is 0 Å². The van der Waals surface area contributed by atoms with Crippen LogP contribution in [0.4, 0.5) is 5.69 Å². The molecule has 2 heterocycles. The minimum atomic E-state index is -0.187. The van der Waals surface area contributed by atoms with Gasteiger partial charge in [-0.2, -0.15) is 0 Å². The molecular weight excluding hydrogens is 328 g/mol. The molecule has 132 valence electrons. The van der Waals surface area contributed by atoms with E-state index in [2.05, 4.69) is 10.3 Å². The summed E-state index contributed by atoms with van der Waals surface area (Å²) in [6.07, 6.45) is 3.60. The lowest BCUT2D eigenvalue weighted by Gasteiger charge is -2.16. The van der Waals surface area contributed by atoms with Gasteiger partial charge in [-0.05, 0) is 42.7 Å². The van der Waals surface area contributed by atoms with Crippen molar-refractivity contribution in [1.29, 1.82) is 0 Å². The number of anilines is 1. The molecule has 4 rings (SSSR count). The second-order valence-electron chi connectivity index (χ2n) is 6.29. The van der Waals surface area contributed by atoms with Crippen molar-refractivity contribution >= 4 is 22.5 Å². The fourth-order valence-electron chi connectivity index (χ4n) is 3.36. The van der Waals surface area contributed by atoms with E-state index in [1.54, 1.807) is 19.4 Å². The Kier molecular flexibility index (Phi) is 4.54. The Labute approximate surface area is 152 Å². The first-order valence-electron chi connectivity index (χ1n) is 8.71. The molecule has 0 bridgehead atoms. The van der Waals surface area contributed by atoms with Crippen LogP contribution >= 0.6 is 0 Å². The van der Waals surface area contributed by atoms with Gasteiger partial charge in [-0.1, -0.05) is 24.3 Å². The molecular formula is C21H20N2O3. The lowest BCUT2D eigenvalue weighted by Crippen LogP contribution is -2.16. The number of hydrogen-bond acceptors (Lipinski definition) is 4. The fraction of sp³-hybridized carbons (Fsp3) is 0.238. The lowest BCUT2D eigenvalue weighted by molar-refractivity contribution is 0.0987. The van der Waals surface area contributed by atoms with E-state index in [9.17, 15) is 4.79 Å². The van der Waals surface area contributed by atoms with E-state index in [1.165, 1.54) is 0 Å². The Hall–Kier alpha value is -2.92. The van der Waals surface area contributed by atoms with E-state index >= 15 is 0 Å². The van der Waals surface area contributed by atoms with Gasteiger partial charge in [-0.3, -0.25) is 9.78 Å². The SMILES string of the molecule is COc1ccc(C2CCCO2)c(C(=O)Nc2cccc3cccnc23)c1. The number of carbonyl (C=O) groups excluding carboxylic acids is 1. The van der Waals surface area contributed by atoms with E-state index in [0.717, 1.165) is 35.9 Å². The first-order chi connectivity index (χ1) is 12.8. The van der Waals surface area contributed by atoms with Crippen LogP contribution in [0.1, 0.15) is 34.9 Å². The van der Waals surface area contributed by atoms with Gasteiger partial charge in [0.05, 0.1) is 24.4 Å². The third-order valence-electron chi connectivity index (χ3n) is 4.66. The quantitative estimate of drug-likeness (QED) is 0.761. The zero-order valence-electron chi connectivity index (χ0n) is 14.6.